The van der Waals surface area contributed by atoms with Crippen LogP contribution in [0.4, 0.5) is 0 Å². The molecule has 2 aromatic carbocycles. The molecule has 4 nitrogen and oxygen atoms in total. The quantitative estimate of drug-likeness (QED) is 0.646. The molecule has 4 heteroatoms. The van der Waals surface area contributed by atoms with Crippen molar-refractivity contribution in [3.63, 3.8) is 0 Å². The van der Waals surface area contributed by atoms with Crippen LogP contribution in [0.5, 0.6) is 5.75 Å². The number of benzene rings is 2. The van der Waals surface area contributed by atoms with Crippen molar-refractivity contribution < 1.29 is 13.9 Å². The summed E-state index contributed by atoms with van der Waals surface area (Å²) in [6, 6.07) is 14.9. The van der Waals surface area contributed by atoms with Crippen molar-refractivity contribution in [2.45, 2.75) is 38.7 Å². The molecule has 0 bridgehead atoms. The van der Waals surface area contributed by atoms with E-state index in [2.05, 4.69) is 0 Å². The third kappa shape index (κ3) is 3.15. The molecule has 1 fully saturated rings. The summed E-state index contributed by atoms with van der Waals surface area (Å²) in [7, 11) is 0. The number of carbonyl (C=O) groups excluding carboxylic acids is 1. The van der Waals surface area contributed by atoms with E-state index in [1.165, 1.54) is 6.07 Å². The predicted molar refractivity (Wildman–Crippen MR) is 101 cm³/mol. The third-order valence-corrected chi connectivity index (χ3v) is 4.81. The molecular formula is C22H20O4. The van der Waals surface area contributed by atoms with Gasteiger partial charge in [-0.2, -0.15) is 0 Å². The first-order chi connectivity index (χ1) is 12.6. The predicted octanol–water partition coefficient (Wildman–Crippen LogP) is 4.66. The number of ether oxygens (including phenoxy) is 1. The number of rotatable bonds is 3. The Hall–Kier alpha value is -2.88. The Morgan fingerprint density at radius 3 is 2.62 bits per heavy atom. The van der Waals surface area contributed by atoms with Crippen LogP contribution in [0.25, 0.3) is 22.1 Å². The average molecular weight is 348 g/mol. The molecule has 1 heterocycles. The highest BCUT2D eigenvalue weighted by Crippen LogP contribution is 2.36. The molecule has 1 aliphatic rings. The first-order valence-corrected chi connectivity index (χ1v) is 8.95. The molecule has 1 atom stereocenters. The van der Waals surface area contributed by atoms with E-state index in [1.54, 1.807) is 0 Å². The minimum atomic E-state index is -0.427. The largest absolute Gasteiger partial charge is 0.482 e. The van der Waals surface area contributed by atoms with Crippen LogP contribution in [-0.4, -0.2) is 11.9 Å². The summed E-state index contributed by atoms with van der Waals surface area (Å²) in [5.74, 6) is 0.743. The van der Waals surface area contributed by atoms with Crippen molar-refractivity contribution in [3.8, 4) is 16.9 Å². The molecule has 1 aliphatic carbocycles. The second-order valence-corrected chi connectivity index (χ2v) is 6.80. The van der Waals surface area contributed by atoms with Gasteiger partial charge in [0, 0.05) is 18.1 Å². The number of fused-ring (bicyclic) bond motifs is 1. The second kappa shape index (κ2) is 6.79. The molecule has 0 radical (unpaired) electrons. The summed E-state index contributed by atoms with van der Waals surface area (Å²) in [6.07, 6.45) is 2.78. The third-order valence-electron chi connectivity index (χ3n) is 4.81. The Kier molecular flexibility index (Phi) is 4.33. The zero-order valence-corrected chi connectivity index (χ0v) is 14.7. The molecule has 0 N–H and O–H groups in total. The van der Waals surface area contributed by atoms with E-state index in [9.17, 15) is 9.59 Å². The zero-order valence-electron chi connectivity index (χ0n) is 14.7. The molecule has 132 valence electrons. The minimum Gasteiger partial charge on any atom is -0.482 e. The molecule has 0 saturated heterocycles. The van der Waals surface area contributed by atoms with Crippen LogP contribution in [0.15, 0.2) is 57.7 Å². The van der Waals surface area contributed by atoms with E-state index in [0.717, 1.165) is 41.3 Å². The van der Waals surface area contributed by atoms with Gasteiger partial charge in [-0.3, -0.25) is 4.79 Å². The van der Waals surface area contributed by atoms with E-state index in [1.807, 2.05) is 49.4 Å². The van der Waals surface area contributed by atoms with Crippen LogP contribution in [0.1, 0.15) is 31.2 Å². The van der Waals surface area contributed by atoms with E-state index in [-0.39, 0.29) is 5.78 Å². The maximum absolute atomic E-state index is 12.2. The Morgan fingerprint density at radius 2 is 1.85 bits per heavy atom. The maximum atomic E-state index is 12.2. The van der Waals surface area contributed by atoms with Gasteiger partial charge in [-0.05, 0) is 49.4 Å². The van der Waals surface area contributed by atoms with Gasteiger partial charge in [0.05, 0.1) is 5.39 Å². The van der Waals surface area contributed by atoms with Gasteiger partial charge in [-0.1, -0.05) is 30.3 Å². The summed E-state index contributed by atoms with van der Waals surface area (Å²) in [4.78, 5) is 24.3. The molecule has 1 saturated carbocycles. The van der Waals surface area contributed by atoms with Crippen LogP contribution in [0.3, 0.4) is 0 Å². The molecule has 26 heavy (non-hydrogen) atoms. The monoisotopic (exact) mass is 348 g/mol. The van der Waals surface area contributed by atoms with Crippen LogP contribution in [-0.2, 0) is 4.79 Å². The molecule has 1 aromatic heterocycles. The Morgan fingerprint density at radius 1 is 1.04 bits per heavy atom. The molecule has 0 amide bonds. The van der Waals surface area contributed by atoms with Gasteiger partial charge in [-0.15, -0.1) is 0 Å². The number of hydrogen-bond donors (Lipinski definition) is 0. The normalized spacial score (nSPS) is 17.4. The number of ketones is 1. The van der Waals surface area contributed by atoms with E-state index >= 15 is 0 Å². The maximum Gasteiger partial charge on any atom is 0.336 e. The molecule has 0 aliphatic heterocycles. The lowest BCUT2D eigenvalue weighted by Crippen LogP contribution is -2.30. The van der Waals surface area contributed by atoms with Gasteiger partial charge in [-0.25, -0.2) is 4.79 Å². The van der Waals surface area contributed by atoms with Gasteiger partial charge in [0.15, 0.2) is 11.9 Å². The molecule has 3 aromatic rings. The molecular weight excluding hydrogens is 328 g/mol. The Labute approximate surface area is 151 Å². The zero-order chi connectivity index (χ0) is 18.1. The number of carbonyl (C=O) groups is 1. The van der Waals surface area contributed by atoms with Crippen molar-refractivity contribution in [2.75, 3.05) is 0 Å². The Bertz CT molecular complexity index is 1020. The van der Waals surface area contributed by atoms with E-state index in [4.69, 9.17) is 9.15 Å². The van der Waals surface area contributed by atoms with Crippen LogP contribution < -0.4 is 10.4 Å². The van der Waals surface area contributed by atoms with Crippen molar-refractivity contribution in [1.82, 2.24) is 0 Å². The lowest BCUT2D eigenvalue weighted by Gasteiger charge is -2.23. The van der Waals surface area contributed by atoms with E-state index < -0.39 is 11.7 Å². The Balaban J connectivity index is 1.91. The fourth-order valence-corrected chi connectivity index (χ4v) is 3.56. The van der Waals surface area contributed by atoms with Gasteiger partial charge in [0.25, 0.3) is 0 Å². The molecule has 1 unspecified atom stereocenters. The summed E-state index contributed by atoms with van der Waals surface area (Å²) in [5, 5.41) is 0.736. The van der Waals surface area contributed by atoms with Crippen LogP contribution >= 0.6 is 0 Å². The topological polar surface area (TPSA) is 56.5 Å². The summed E-state index contributed by atoms with van der Waals surface area (Å²) < 4.78 is 11.6. The smallest absolute Gasteiger partial charge is 0.336 e. The van der Waals surface area contributed by atoms with Crippen LogP contribution in [0, 0.1) is 6.92 Å². The summed E-state index contributed by atoms with van der Waals surface area (Å²) in [6.45, 7) is 1.92. The standard InChI is InChI=1S/C22H20O4/c1-14-11-19(25-18-10-6-5-9-17(18)23)22-16(15-7-3-2-4-8-15)13-21(24)26-20(22)12-14/h2-4,7-8,11-13,18H,5-6,9-10H2,1H3. The van der Waals surface area contributed by atoms with Crippen molar-refractivity contribution in [3.05, 3.63) is 64.5 Å². The summed E-state index contributed by atoms with van der Waals surface area (Å²) in [5.41, 5.74) is 2.67. The second-order valence-electron chi connectivity index (χ2n) is 6.80. The van der Waals surface area contributed by atoms with Gasteiger partial charge >= 0.3 is 5.63 Å². The first kappa shape index (κ1) is 16.6. The fourth-order valence-electron chi connectivity index (χ4n) is 3.56. The lowest BCUT2D eigenvalue weighted by atomic mass is 9.96. The van der Waals surface area contributed by atoms with Gasteiger partial charge in [0.2, 0.25) is 0 Å². The fraction of sp³-hybridized carbons (Fsp3) is 0.273. The highest BCUT2D eigenvalue weighted by molar-refractivity contribution is 5.98. The van der Waals surface area contributed by atoms with Gasteiger partial charge < -0.3 is 9.15 Å². The van der Waals surface area contributed by atoms with E-state index in [0.29, 0.717) is 17.8 Å². The minimum absolute atomic E-state index is 0.143. The molecule has 4 rings (SSSR count). The molecule has 0 spiro atoms. The lowest BCUT2D eigenvalue weighted by molar-refractivity contribution is -0.127. The summed E-state index contributed by atoms with van der Waals surface area (Å²) >= 11 is 0. The first-order valence-electron chi connectivity index (χ1n) is 8.95. The van der Waals surface area contributed by atoms with Gasteiger partial charge in [0.1, 0.15) is 11.3 Å². The number of Topliss-reactive ketones (excluding diaryl/α,β-unsaturated/α-hetero) is 1. The number of hydrogen-bond acceptors (Lipinski definition) is 4. The van der Waals surface area contributed by atoms with Crippen molar-refractivity contribution in [2.24, 2.45) is 0 Å². The highest BCUT2D eigenvalue weighted by Gasteiger charge is 2.25. The van der Waals surface area contributed by atoms with Crippen molar-refractivity contribution in [1.29, 1.82) is 0 Å². The highest BCUT2D eigenvalue weighted by atomic mass is 16.5. The number of aryl methyl sites for hydroxylation is 1. The van der Waals surface area contributed by atoms with Crippen molar-refractivity contribution >= 4 is 16.8 Å². The van der Waals surface area contributed by atoms with Crippen LogP contribution in [0.2, 0.25) is 0 Å². The SMILES string of the molecule is Cc1cc(OC2CCCCC2=O)c2c(-c3ccccc3)cc(=O)oc2c1. The average Bonchev–Trinajstić information content (AvgIpc) is 2.63.